The van der Waals surface area contributed by atoms with Crippen molar-refractivity contribution in [2.24, 2.45) is 11.8 Å². The van der Waals surface area contributed by atoms with Crippen molar-refractivity contribution in [1.29, 1.82) is 0 Å². The summed E-state index contributed by atoms with van der Waals surface area (Å²) in [6.45, 7) is 4.72. The van der Waals surface area contributed by atoms with E-state index in [0.29, 0.717) is 18.9 Å². The molecular formula is C19H26N2O2. The van der Waals surface area contributed by atoms with Gasteiger partial charge in [-0.25, -0.2) is 0 Å². The van der Waals surface area contributed by atoms with Gasteiger partial charge in [-0.1, -0.05) is 31.9 Å². The van der Waals surface area contributed by atoms with Crippen molar-refractivity contribution >= 4 is 17.5 Å². The van der Waals surface area contributed by atoms with Crippen LogP contribution in [0.3, 0.4) is 0 Å². The summed E-state index contributed by atoms with van der Waals surface area (Å²) in [7, 11) is 0. The van der Waals surface area contributed by atoms with Crippen LogP contribution in [0.4, 0.5) is 5.69 Å². The van der Waals surface area contributed by atoms with E-state index in [0.717, 1.165) is 17.7 Å². The lowest BCUT2D eigenvalue weighted by molar-refractivity contribution is -0.127. The number of carbonyl (C=O) groups is 2. The number of carbonyl (C=O) groups excluding carboxylic acids is 2. The van der Waals surface area contributed by atoms with Crippen molar-refractivity contribution in [3.05, 3.63) is 29.8 Å². The summed E-state index contributed by atoms with van der Waals surface area (Å²) in [6.07, 6.45) is 5.02. The Balaban J connectivity index is 1.63. The second-order valence-corrected chi connectivity index (χ2v) is 7.12. The van der Waals surface area contributed by atoms with Gasteiger partial charge < -0.3 is 10.2 Å². The molecule has 0 spiro atoms. The summed E-state index contributed by atoms with van der Waals surface area (Å²) in [6, 6.07) is 8.18. The molecule has 1 aromatic rings. The third-order valence-corrected chi connectivity index (χ3v) is 5.25. The Morgan fingerprint density at radius 3 is 2.78 bits per heavy atom. The molecule has 2 fully saturated rings. The van der Waals surface area contributed by atoms with Crippen LogP contribution in [0.25, 0.3) is 0 Å². The smallest absolute Gasteiger partial charge is 0.227 e. The average molecular weight is 314 g/mol. The monoisotopic (exact) mass is 314 g/mol. The standard InChI is InChI=1S/C19H26N2O2/c1-13-6-5-8-16(10-13)21-12-15(11-18(21)22)19(23)20-17-9-4-3-7-14(17)2/h5-6,8,10,14-15,17H,3-4,7,9,11-12H2,1-2H3,(H,20,23)/t14-,15+,17-/m0/s1. The third kappa shape index (κ3) is 3.57. The van der Waals surface area contributed by atoms with Crippen molar-refractivity contribution < 1.29 is 9.59 Å². The average Bonchev–Trinajstić information content (AvgIpc) is 2.92. The molecule has 4 nitrogen and oxygen atoms in total. The number of anilines is 1. The molecule has 4 heteroatoms. The summed E-state index contributed by atoms with van der Waals surface area (Å²) < 4.78 is 0. The van der Waals surface area contributed by atoms with Gasteiger partial charge in [-0.3, -0.25) is 9.59 Å². The van der Waals surface area contributed by atoms with E-state index in [1.807, 2.05) is 31.2 Å². The predicted molar refractivity (Wildman–Crippen MR) is 91.2 cm³/mol. The highest BCUT2D eigenvalue weighted by atomic mass is 16.2. The van der Waals surface area contributed by atoms with E-state index >= 15 is 0 Å². The molecule has 1 saturated heterocycles. The fourth-order valence-electron chi connectivity index (χ4n) is 3.76. The predicted octanol–water partition coefficient (Wildman–Crippen LogP) is 3.04. The molecule has 1 aliphatic carbocycles. The minimum absolute atomic E-state index is 0.0484. The second-order valence-electron chi connectivity index (χ2n) is 7.12. The maximum atomic E-state index is 12.6. The zero-order valence-electron chi connectivity index (χ0n) is 14.0. The van der Waals surface area contributed by atoms with Gasteiger partial charge in [0.2, 0.25) is 11.8 Å². The lowest BCUT2D eigenvalue weighted by Gasteiger charge is -2.30. The second kappa shape index (κ2) is 6.73. The molecule has 124 valence electrons. The van der Waals surface area contributed by atoms with E-state index in [2.05, 4.69) is 12.2 Å². The lowest BCUT2D eigenvalue weighted by atomic mass is 9.85. The minimum Gasteiger partial charge on any atom is -0.353 e. The van der Waals surface area contributed by atoms with Crippen LogP contribution in [0.15, 0.2) is 24.3 Å². The highest BCUT2D eigenvalue weighted by molar-refractivity contribution is 6.00. The number of hydrogen-bond acceptors (Lipinski definition) is 2. The van der Waals surface area contributed by atoms with Crippen LogP contribution in [0.1, 0.15) is 44.6 Å². The van der Waals surface area contributed by atoms with E-state index in [4.69, 9.17) is 0 Å². The summed E-state index contributed by atoms with van der Waals surface area (Å²) in [5.41, 5.74) is 2.02. The molecule has 0 radical (unpaired) electrons. The normalized spacial score (nSPS) is 28.0. The van der Waals surface area contributed by atoms with Crippen molar-refractivity contribution in [2.75, 3.05) is 11.4 Å². The van der Waals surface area contributed by atoms with Crippen molar-refractivity contribution in [1.82, 2.24) is 5.32 Å². The Labute approximate surface area is 138 Å². The molecule has 1 aromatic carbocycles. The van der Waals surface area contributed by atoms with Crippen molar-refractivity contribution in [3.8, 4) is 0 Å². The molecule has 1 aliphatic heterocycles. The van der Waals surface area contributed by atoms with Crippen LogP contribution < -0.4 is 10.2 Å². The van der Waals surface area contributed by atoms with E-state index in [-0.39, 0.29) is 23.8 Å². The number of nitrogens with zero attached hydrogens (tertiary/aromatic N) is 1. The molecule has 0 unspecified atom stereocenters. The van der Waals surface area contributed by atoms with Gasteiger partial charge in [0.15, 0.2) is 0 Å². The number of amides is 2. The van der Waals surface area contributed by atoms with Gasteiger partial charge in [-0.15, -0.1) is 0 Å². The lowest BCUT2D eigenvalue weighted by Crippen LogP contribution is -2.44. The van der Waals surface area contributed by atoms with Crippen LogP contribution >= 0.6 is 0 Å². The van der Waals surface area contributed by atoms with E-state index in [1.54, 1.807) is 4.90 Å². The SMILES string of the molecule is Cc1cccc(N2C[C@H](C(=O)N[C@H]3CCCC[C@@H]3C)CC2=O)c1. The molecule has 0 bridgehead atoms. The molecule has 0 aromatic heterocycles. The van der Waals surface area contributed by atoms with Gasteiger partial charge in [0.05, 0.1) is 5.92 Å². The van der Waals surface area contributed by atoms with Gasteiger partial charge >= 0.3 is 0 Å². The van der Waals surface area contributed by atoms with E-state index in [9.17, 15) is 9.59 Å². The van der Waals surface area contributed by atoms with Gasteiger partial charge in [0, 0.05) is 24.7 Å². The van der Waals surface area contributed by atoms with Crippen LogP contribution in [0.2, 0.25) is 0 Å². The first kappa shape index (κ1) is 16.0. The highest BCUT2D eigenvalue weighted by Crippen LogP contribution is 2.28. The van der Waals surface area contributed by atoms with Crippen molar-refractivity contribution in [3.63, 3.8) is 0 Å². The fourth-order valence-corrected chi connectivity index (χ4v) is 3.76. The van der Waals surface area contributed by atoms with Crippen LogP contribution in [-0.2, 0) is 9.59 Å². The van der Waals surface area contributed by atoms with Crippen LogP contribution in [-0.4, -0.2) is 24.4 Å². The first-order chi connectivity index (χ1) is 11.0. The maximum absolute atomic E-state index is 12.6. The molecule has 3 rings (SSSR count). The van der Waals surface area contributed by atoms with Gasteiger partial charge in [0.1, 0.15) is 0 Å². The number of aryl methyl sites for hydroxylation is 1. The highest BCUT2D eigenvalue weighted by Gasteiger charge is 2.36. The Morgan fingerprint density at radius 2 is 2.04 bits per heavy atom. The van der Waals surface area contributed by atoms with Crippen molar-refractivity contribution in [2.45, 2.75) is 52.0 Å². The largest absolute Gasteiger partial charge is 0.353 e. The van der Waals surface area contributed by atoms with Gasteiger partial charge in [-0.05, 0) is 43.4 Å². The molecule has 23 heavy (non-hydrogen) atoms. The van der Waals surface area contributed by atoms with Crippen LogP contribution in [0.5, 0.6) is 0 Å². The summed E-state index contributed by atoms with van der Waals surface area (Å²) in [5, 5.41) is 3.20. The number of benzene rings is 1. The number of rotatable bonds is 3. The quantitative estimate of drug-likeness (QED) is 0.932. The Morgan fingerprint density at radius 1 is 1.26 bits per heavy atom. The first-order valence-corrected chi connectivity index (χ1v) is 8.72. The zero-order valence-corrected chi connectivity index (χ0v) is 14.0. The first-order valence-electron chi connectivity index (χ1n) is 8.72. The molecule has 1 saturated carbocycles. The molecule has 3 atom stereocenters. The molecule has 2 amide bonds. The van der Waals surface area contributed by atoms with Crippen LogP contribution in [0, 0.1) is 18.8 Å². The number of nitrogens with one attached hydrogen (secondary N) is 1. The molecule has 1 heterocycles. The molecule has 2 aliphatic rings. The Hall–Kier alpha value is -1.84. The summed E-state index contributed by atoms with van der Waals surface area (Å²) in [5.74, 6) is 0.412. The Kier molecular flexibility index (Phi) is 4.69. The fraction of sp³-hybridized carbons (Fsp3) is 0.579. The van der Waals surface area contributed by atoms with Gasteiger partial charge in [-0.2, -0.15) is 0 Å². The topological polar surface area (TPSA) is 49.4 Å². The molecule has 1 N–H and O–H groups in total. The molecular weight excluding hydrogens is 288 g/mol. The maximum Gasteiger partial charge on any atom is 0.227 e. The summed E-state index contributed by atoms with van der Waals surface area (Å²) >= 11 is 0. The van der Waals surface area contributed by atoms with Gasteiger partial charge in [0.25, 0.3) is 0 Å². The Bertz CT molecular complexity index is 599. The summed E-state index contributed by atoms with van der Waals surface area (Å²) in [4.78, 5) is 26.6. The third-order valence-electron chi connectivity index (χ3n) is 5.25. The van der Waals surface area contributed by atoms with E-state index < -0.39 is 0 Å². The number of hydrogen-bond donors (Lipinski definition) is 1. The zero-order chi connectivity index (χ0) is 16.4. The van der Waals surface area contributed by atoms with E-state index in [1.165, 1.54) is 19.3 Å². The minimum atomic E-state index is -0.225.